The molecule has 0 saturated carbocycles. The van der Waals surface area contributed by atoms with Crippen LogP contribution in [-0.2, 0) is 16.1 Å². The van der Waals surface area contributed by atoms with E-state index in [1.807, 2.05) is 36.4 Å². The van der Waals surface area contributed by atoms with Crippen LogP contribution in [0, 0.1) is 5.82 Å². The number of nitrogens with zero attached hydrogens (tertiary/aromatic N) is 1. The monoisotopic (exact) mass is 406 g/mol. The number of carbonyl (C=O) groups is 2. The molecule has 0 aliphatic heterocycles. The predicted molar refractivity (Wildman–Crippen MR) is 112 cm³/mol. The molecule has 5 nitrogen and oxygen atoms in total. The highest BCUT2D eigenvalue weighted by Gasteiger charge is 2.31. The van der Waals surface area contributed by atoms with E-state index in [0.29, 0.717) is 16.9 Å². The SMILES string of the molecule is CNC(=O)C(c1ccccc1)N(Cc1ccc(F)cc1)C(=O)COc1ccccc1. The molecule has 0 aliphatic rings. The Morgan fingerprint density at radius 1 is 0.933 bits per heavy atom. The molecule has 3 aromatic carbocycles. The van der Waals surface area contributed by atoms with E-state index < -0.39 is 6.04 Å². The molecular weight excluding hydrogens is 383 g/mol. The molecular formula is C24H23FN2O3. The summed E-state index contributed by atoms with van der Waals surface area (Å²) < 4.78 is 19.0. The van der Waals surface area contributed by atoms with Crippen LogP contribution < -0.4 is 10.1 Å². The number of amides is 2. The van der Waals surface area contributed by atoms with Gasteiger partial charge in [-0.25, -0.2) is 4.39 Å². The summed E-state index contributed by atoms with van der Waals surface area (Å²) in [6.07, 6.45) is 0. The highest BCUT2D eigenvalue weighted by atomic mass is 19.1. The van der Waals surface area contributed by atoms with Crippen molar-refractivity contribution in [2.75, 3.05) is 13.7 Å². The molecule has 0 aromatic heterocycles. The Labute approximate surface area is 175 Å². The zero-order valence-corrected chi connectivity index (χ0v) is 16.6. The molecule has 0 saturated heterocycles. The van der Waals surface area contributed by atoms with Gasteiger partial charge in [-0.15, -0.1) is 0 Å². The molecule has 2 amide bonds. The van der Waals surface area contributed by atoms with Crippen molar-refractivity contribution in [1.82, 2.24) is 10.2 Å². The molecule has 0 radical (unpaired) electrons. The van der Waals surface area contributed by atoms with E-state index in [0.717, 1.165) is 0 Å². The van der Waals surface area contributed by atoms with E-state index in [4.69, 9.17) is 4.74 Å². The van der Waals surface area contributed by atoms with Gasteiger partial charge >= 0.3 is 0 Å². The Balaban J connectivity index is 1.90. The average molecular weight is 406 g/mol. The number of rotatable bonds is 8. The van der Waals surface area contributed by atoms with Gasteiger partial charge in [-0.05, 0) is 35.4 Å². The van der Waals surface area contributed by atoms with Crippen molar-refractivity contribution < 1.29 is 18.7 Å². The van der Waals surface area contributed by atoms with Crippen LogP contribution in [0.1, 0.15) is 17.2 Å². The Morgan fingerprint density at radius 2 is 1.53 bits per heavy atom. The Kier molecular flexibility index (Phi) is 7.16. The van der Waals surface area contributed by atoms with Gasteiger partial charge in [0.05, 0.1) is 0 Å². The van der Waals surface area contributed by atoms with E-state index >= 15 is 0 Å². The number of halogens is 1. The second kappa shape index (κ2) is 10.2. The minimum Gasteiger partial charge on any atom is -0.484 e. The summed E-state index contributed by atoms with van der Waals surface area (Å²) in [5.41, 5.74) is 1.38. The second-order valence-electron chi connectivity index (χ2n) is 6.68. The highest BCUT2D eigenvalue weighted by molar-refractivity contribution is 5.89. The fourth-order valence-corrected chi connectivity index (χ4v) is 3.10. The van der Waals surface area contributed by atoms with E-state index in [2.05, 4.69) is 5.32 Å². The van der Waals surface area contributed by atoms with Crippen molar-refractivity contribution in [3.05, 3.63) is 102 Å². The summed E-state index contributed by atoms with van der Waals surface area (Å²) in [6.45, 7) is -0.101. The van der Waals surface area contributed by atoms with Crippen molar-refractivity contribution in [2.45, 2.75) is 12.6 Å². The number of hydrogen-bond donors (Lipinski definition) is 1. The Hall–Kier alpha value is -3.67. The van der Waals surface area contributed by atoms with Crippen LogP contribution in [-0.4, -0.2) is 30.4 Å². The zero-order chi connectivity index (χ0) is 21.3. The minimum absolute atomic E-state index is 0.129. The molecule has 6 heteroatoms. The van der Waals surface area contributed by atoms with Crippen LogP contribution in [0.2, 0.25) is 0 Å². The predicted octanol–water partition coefficient (Wildman–Crippen LogP) is 3.72. The number of ether oxygens (including phenoxy) is 1. The van der Waals surface area contributed by atoms with Gasteiger partial charge in [0.15, 0.2) is 6.61 Å². The summed E-state index contributed by atoms with van der Waals surface area (Å²) in [6, 6.07) is 23.0. The third-order valence-electron chi connectivity index (χ3n) is 4.61. The average Bonchev–Trinajstić information content (AvgIpc) is 2.79. The van der Waals surface area contributed by atoms with Crippen molar-refractivity contribution in [1.29, 1.82) is 0 Å². The Morgan fingerprint density at radius 3 is 2.13 bits per heavy atom. The molecule has 3 rings (SSSR count). The summed E-state index contributed by atoms with van der Waals surface area (Å²) in [4.78, 5) is 27.4. The maximum Gasteiger partial charge on any atom is 0.261 e. The second-order valence-corrected chi connectivity index (χ2v) is 6.68. The molecule has 0 fully saturated rings. The normalized spacial score (nSPS) is 11.4. The topological polar surface area (TPSA) is 58.6 Å². The molecule has 1 atom stereocenters. The number of carbonyl (C=O) groups excluding carboxylic acids is 2. The zero-order valence-electron chi connectivity index (χ0n) is 16.6. The standard InChI is InChI=1S/C24H23FN2O3/c1-26-24(29)23(19-8-4-2-5-9-19)27(16-18-12-14-20(25)15-13-18)22(28)17-30-21-10-6-3-7-11-21/h2-15,23H,16-17H2,1H3,(H,26,29). The van der Waals surface area contributed by atoms with Crippen LogP contribution in [0.15, 0.2) is 84.9 Å². The quantitative estimate of drug-likeness (QED) is 0.620. The fourth-order valence-electron chi connectivity index (χ4n) is 3.10. The molecule has 154 valence electrons. The molecule has 3 aromatic rings. The van der Waals surface area contributed by atoms with E-state index in [1.54, 1.807) is 36.4 Å². The van der Waals surface area contributed by atoms with Gasteiger partial charge in [-0.1, -0.05) is 60.7 Å². The number of nitrogens with one attached hydrogen (secondary N) is 1. The maximum atomic E-state index is 13.3. The van der Waals surface area contributed by atoms with Gasteiger partial charge in [0.1, 0.15) is 17.6 Å². The van der Waals surface area contributed by atoms with E-state index in [1.165, 1.54) is 24.1 Å². The molecule has 1 unspecified atom stereocenters. The fraction of sp³-hybridized carbons (Fsp3) is 0.167. The number of likely N-dealkylation sites (N-methyl/N-ethyl adjacent to an activating group) is 1. The van der Waals surface area contributed by atoms with Crippen LogP contribution in [0.5, 0.6) is 5.75 Å². The lowest BCUT2D eigenvalue weighted by Crippen LogP contribution is -2.44. The lowest BCUT2D eigenvalue weighted by Gasteiger charge is -2.31. The van der Waals surface area contributed by atoms with Gasteiger partial charge < -0.3 is 15.0 Å². The largest absolute Gasteiger partial charge is 0.484 e. The van der Waals surface area contributed by atoms with Crippen LogP contribution in [0.25, 0.3) is 0 Å². The molecule has 0 aliphatic carbocycles. The third-order valence-corrected chi connectivity index (χ3v) is 4.61. The molecule has 30 heavy (non-hydrogen) atoms. The minimum atomic E-state index is -0.854. The van der Waals surface area contributed by atoms with Crippen LogP contribution in [0.4, 0.5) is 4.39 Å². The first-order chi connectivity index (χ1) is 14.6. The summed E-state index contributed by atoms with van der Waals surface area (Å²) in [5, 5.41) is 2.63. The van der Waals surface area contributed by atoms with Crippen molar-refractivity contribution >= 4 is 11.8 Å². The molecule has 0 spiro atoms. The number of para-hydroxylation sites is 1. The van der Waals surface area contributed by atoms with E-state index in [9.17, 15) is 14.0 Å². The van der Waals surface area contributed by atoms with Gasteiger partial charge in [-0.3, -0.25) is 9.59 Å². The first-order valence-electron chi connectivity index (χ1n) is 9.57. The summed E-state index contributed by atoms with van der Waals surface area (Å²) in [5.74, 6) is -0.490. The molecule has 0 heterocycles. The van der Waals surface area contributed by atoms with Crippen molar-refractivity contribution in [2.24, 2.45) is 0 Å². The summed E-state index contributed by atoms with van der Waals surface area (Å²) in [7, 11) is 1.53. The van der Waals surface area contributed by atoms with Crippen molar-refractivity contribution in [3.63, 3.8) is 0 Å². The van der Waals surface area contributed by atoms with Gasteiger partial charge in [-0.2, -0.15) is 0 Å². The molecule has 0 bridgehead atoms. The van der Waals surface area contributed by atoms with Gasteiger partial charge in [0.25, 0.3) is 5.91 Å². The lowest BCUT2D eigenvalue weighted by molar-refractivity contribution is -0.143. The maximum absolute atomic E-state index is 13.3. The van der Waals surface area contributed by atoms with E-state index in [-0.39, 0.29) is 30.8 Å². The lowest BCUT2D eigenvalue weighted by atomic mass is 10.0. The summed E-state index contributed by atoms with van der Waals surface area (Å²) >= 11 is 0. The Bertz CT molecular complexity index is 963. The van der Waals surface area contributed by atoms with Crippen LogP contribution in [0.3, 0.4) is 0 Å². The van der Waals surface area contributed by atoms with Gasteiger partial charge in [0, 0.05) is 13.6 Å². The number of hydrogen-bond acceptors (Lipinski definition) is 3. The van der Waals surface area contributed by atoms with Crippen molar-refractivity contribution in [3.8, 4) is 5.75 Å². The van der Waals surface area contributed by atoms with Gasteiger partial charge in [0.2, 0.25) is 5.91 Å². The highest BCUT2D eigenvalue weighted by Crippen LogP contribution is 2.24. The smallest absolute Gasteiger partial charge is 0.261 e. The third kappa shape index (κ3) is 5.44. The number of benzene rings is 3. The first kappa shape index (κ1) is 21.0. The molecule has 1 N–H and O–H groups in total. The first-order valence-corrected chi connectivity index (χ1v) is 9.57. The van der Waals surface area contributed by atoms with Crippen LogP contribution >= 0.6 is 0 Å².